The number of pyridine rings is 2. The third-order valence-corrected chi connectivity index (χ3v) is 6.28. The van der Waals surface area contributed by atoms with Gasteiger partial charge in [-0.3, -0.25) is 20.0 Å². The zero-order chi connectivity index (χ0) is 25.1. The fourth-order valence-corrected chi connectivity index (χ4v) is 4.07. The summed E-state index contributed by atoms with van der Waals surface area (Å²) < 4.78 is 0. The number of aromatic nitrogens is 2. The molecule has 1 aliphatic carbocycles. The summed E-state index contributed by atoms with van der Waals surface area (Å²) in [5, 5.41) is 17.4. The number of piperazine rings is 1. The highest BCUT2D eigenvalue weighted by Gasteiger charge is 2.29. The lowest BCUT2D eigenvalue weighted by atomic mass is 10.00. The van der Waals surface area contributed by atoms with Gasteiger partial charge in [-0.05, 0) is 48.7 Å². The first-order chi connectivity index (χ1) is 17.5. The number of hydrogen-bond acceptors (Lipinski definition) is 8. The number of rotatable bonds is 7. The van der Waals surface area contributed by atoms with E-state index >= 15 is 0 Å². The van der Waals surface area contributed by atoms with Gasteiger partial charge in [0.2, 0.25) is 5.91 Å². The van der Waals surface area contributed by atoms with Crippen molar-refractivity contribution < 1.29 is 9.59 Å². The molecule has 2 aliphatic rings. The fourth-order valence-electron chi connectivity index (χ4n) is 4.07. The maximum Gasteiger partial charge on any atom is 0.274 e. The SMILES string of the molecule is N=C(C(=O)Nc1ccc(N2CCNCC2)nc1)c1cc(-c2cncc(NC(=O)C3CC3)c2)ccc1N. The molecule has 1 aromatic carbocycles. The van der Waals surface area contributed by atoms with Crippen molar-refractivity contribution in [1.29, 1.82) is 5.41 Å². The van der Waals surface area contributed by atoms with Crippen molar-refractivity contribution in [3.05, 3.63) is 60.6 Å². The Hall–Kier alpha value is -4.31. The number of carbonyl (C=O) groups excluding carboxylic acids is 2. The number of hydrogen-bond donors (Lipinski definition) is 5. The van der Waals surface area contributed by atoms with E-state index in [2.05, 4.69) is 30.8 Å². The Morgan fingerprint density at radius 1 is 0.972 bits per heavy atom. The molecule has 0 spiro atoms. The fraction of sp³-hybridized carbons (Fsp3) is 0.269. The summed E-state index contributed by atoms with van der Waals surface area (Å²) in [7, 11) is 0. The van der Waals surface area contributed by atoms with Gasteiger partial charge in [0.1, 0.15) is 11.5 Å². The van der Waals surface area contributed by atoms with Crippen molar-refractivity contribution in [2.45, 2.75) is 12.8 Å². The standard InChI is InChI=1S/C26H28N8O2/c27-22-5-3-17(18-11-20(14-30-13-18)33-25(35)16-1-2-16)12-21(22)24(28)26(36)32-19-4-6-23(31-15-19)34-9-7-29-8-10-34/h3-6,11-16,28-29H,1-2,7-10,27H2,(H,32,36)(H,33,35). The van der Waals surface area contributed by atoms with Crippen LogP contribution in [0, 0.1) is 11.3 Å². The van der Waals surface area contributed by atoms with Gasteiger partial charge in [-0.15, -0.1) is 0 Å². The van der Waals surface area contributed by atoms with Gasteiger partial charge < -0.3 is 26.6 Å². The summed E-state index contributed by atoms with van der Waals surface area (Å²) in [5.74, 6) is 0.356. The van der Waals surface area contributed by atoms with Crippen molar-refractivity contribution in [2.75, 3.05) is 47.4 Å². The molecule has 1 aliphatic heterocycles. The minimum absolute atomic E-state index is 0.000790. The molecule has 2 fully saturated rings. The molecule has 6 N–H and O–H groups in total. The predicted octanol–water partition coefficient (Wildman–Crippen LogP) is 2.49. The molecule has 2 aromatic heterocycles. The number of nitrogens with one attached hydrogen (secondary N) is 4. The number of nitrogen functional groups attached to an aromatic ring is 1. The van der Waals surface area contributed by atoms with E-state index in [9.17, 15) is 9.59 Å². The van der Waals surface area contributed by atoms with Gasteiger partial charge >= 0.3 is 0 Å². The molecule has 0 bridgehead atoms. The van der Waals surface area contributed by atoms with Gasteiger partial charge in [0.15, 0.2) is 0 Å². The van der Waals surface area contributed by atoms with Crippen molar-refractivity contribution in [3.63, 3.8) is 0 Å². The van der Waals surface area contributed by atoms with E-state index in [-0.39, 0.29) is 17.5 Å². The summed E-state index contributed by atoms with van der Waals surface area (Å²) in [6.07, 6.45) is 6.69. The molecule has 1 saturated heterocycles. The largest absolute Gasteiger partial charge is 0.398 e. The summed E-state index contributed by atoms with van der Waals surface area (Å²) in [6.45, 7) is 3.58. The zero-order valence-electron chi connectivity index (χ0n) is 19.8. The molecule has 184 valence electrons. The second-order valence-corrected chi connectivity index (χ2v) is 9.00. The van der Waals surface area contributed by atoms with Gasteiger partial charge in [0.05, 0.1) is 23.8 Å². The number of nitrogens with zero attached hydrogens (tertiary/aromatic N) is 3. The number of carbonyl (C=O) groups is 2. The van der Waals surface area contributed by atoms with Crippen LogP contribution >= 0.6 is 0 Å². The topological polar surface area (TPSA) is 149 Å². The predicted molar refractivity (Wildman–Crippen MR) is 140 cm³/mol. The Balaban J connectivity index is 1.29. The van der Waals surface area contributed by atoms with Crippen molar-refractivity contribution in [2.24, 2.45) is 5.92 Å². The summed E-state index contributed by atoms with van der Waals surface area (Å²) in [6, 6.07) is 10.6. The number of benzene rings is 1. The van der Waals surface area contributed by atoms with Crippen LogP contribution in [0.1, 0.15) is 18.4 Å². The van der Waals surface area contributed by atoms with Gasteiger partial charge in [-0.25, -0.2) is 4.98 Å². The van der Waals surface area contributed by atoms with Gasteiger partial charge in [0, 0.05) is 55.1 Å². The normalized spacial score (nSPS) is 15.3. The monoisotopic (exact) mass is 484 g/mol. The molecule has 36 heavy (non-hydrogen) atoms. The van der Waals surface area contributed by atoms with Crippen molar-refractivity contribution >= 4 is 40.4 Å². The third-order valence-electron chi connectivity index (χ3n) is 6.28. The molecule has 0 unspecified atom stereocenters. The van der Waals surface area contributed by atoms with Crippen LogP contribution in [-0.4, -0.2) is 53.7 Å². The number of anilines is 4. The smallest absolute Gasteiger partial charge is 0.274 e. The molecule has 2 amide bonds. The Bertz CT molecular complexity index is 1300. The summed E-state index contributed by atoms with van der Waals surface area (Å²) >= 11 is 0. The lowest BCUT2D eigenvalue weighted by molar-refractivity contribution is -0.117. The van der Waals surface area contributed by atoms with Crippen LogP contribution in [0.25, 0.3) is 11.1 Å². The maximum atomic E-state index is 12.8. The van der Waals surface area contributed by atoms with Gasteiger partial charge in [-0.2, -0.15) is 0 Å². The van der Waals surface area contributed by atoms with Crippen LogP contribution in [0.15, 0.2) is 55.0 Å². The van der Waals surface area contributed by atoms with Crippen LogP contribution in [0.2, 0.25) is 0 Å². The van der Waals surface area contributed by atoms with Crippen LogP contribution in [-0.2, 0) is 9.59 Å². The van der Waals surface area contributed by atoms with E-state index in [1.807, 2.05) is 12.1 Å². The summed E-state index contributed by atoms with van der Waals surface area (Å²) in [4.78, 5) is 35.8. The molecule has 1 saturated carbocycles. The molecular weight excluding hydrogens is 456 g/mol. The Morgan fingerprint density at radius 3 is 2.50 bits per heavy atom. The van der Waals surface area contributed by atoms with Crippen LogP contribution in [0.3, 0.4) is 0 Å². The quantitative estimate of drug-likeness (QED) is 0.255. The minimum Gasteiger partial charge on any atom is -0.398 e. The number of amides is 2. The molecule has 3 aromatic rings. The zero-order valence-corrected chi connectivity index (χ0v) is 19.8. The van der Waals surface area contributed by atoms with Crippen molar-refractivity contribution in [1.82, 2.24) is 15.3 Å². The average molecular weight is 485 g/mol. The first-order valence-electron chi connectivity index (χ1n) is 12.0. The van der Waals surface area contributed by atoms with E-state index in [1.165, 1.54) is 0 Å². The minimum atomic E-state index is -0.584. The molecule has 0 radical (unpaired) electrons. The van der Waals surface area contributed by atoms with E-state index in [1.54, 1.807) is 42.9 Å². The van der Waals surface area contributed by atoms with Crippen LogP contribution in [0.5, 0.6) is 0 Å². The Kier molecular flexibility index (Phi) is 6.59. The molecule has 10 heteroatoms. The first kappa shape index (κ1) is 23.4. The molecule has 3 heterocycles. The van der Waals surface area contributed by atoms with E-state index in [0.29, 0.717) is 22.6 Å². The molecular formula is C26H28N8O2. The average Bonchev–Trinajstić information content (AvgIpc) is 3.76. The summed E-state index contributed by atoms with van der Waals surface area (Å²) in [5.41, 5.74) is 9.07. The molecule has 10 nitrogen and oxygen atoms in total. The molecule has 5 rings (SSSR count). The van der Waals surface area contributed by atoms with Crippen molar-refractivity contribution in [3.8, 4) is 11.1 Å². The highest BCUT2D eigenvalue weighted by molar-refractivity contribution is 6.48. The van der Waals surface area contributed by atoms with E-state index in [4.69, 9.17) is 11.1 Å². The second-order valence-electron chi connectivity index (χ2n) is 9.00. The van der Waals surface area contributed by atoms with Crippen LogP contribution in [0.4, 0.5) is 22.9 Å². The van der Waals surface area contributed by atoms with Crippen LogP contribution < -0.4 is 26.6 Å². The first-order valence-corrected chi connectivity index (χ1v) is 12.0. The Morgan fingerprint density at radius 2 is 1.78 bits per heavy atom. The maximum absolute atomic E-state index is 12.8. The van der Waals surface area contributed by atoms with E-state index in [0.717, 1.165) is 56.0 Å². The highest BCUT2D eigenvalue weighted by atomic mass is 16.2. The lowest BCUT2D eigenvalue weighted by Crippen LogP contribution is -2.43. The van der Waals surface area contributed by atoms with Gasteiger partial charge in [0.25, 0.3) is 5.91 Å². The molecule has 0 atom stereocenters. The third kappa shape index (κ3) is 5.33. The Labute approximate surface area is 208 Å². The number of nitrogens with two attached hydrogens (primary N) is 1. The lowest BCUT2D eigenvalue weighted by Gasteiger charge is -2.28. The van der Waals surface area contributed by atoms with Gasteiger partial charge in [-0.1, -0.05) is 6.07 Å². The highest BCUT2D eigenvalue weighted by Crippen LogP contribution is 2.31. The van der Waals surface area contributed by atoms with E-state index < -0.39 is 5.91 Å². The second kappa shape index (κ2) is 10.1.